The highest BCUT2D eigenvalue weighted by molar-refractivity contribution is 7.15. The SMILES string of the molecule is CCCc1nnc(N2CCN(Cc3csc(CC)n3)CC2)s1. The Morgan fingerprint density at radius 1 is 1.09 bits per heavy atom. The number of hydrogen-bond donors (Lipinski definition) is 0. The van der Waals surface area contributed by atoms with Crippen LogP contribution in [-0.4, -0.2) is 46.3 Å². The lowest BCUT2D eigenvalue weighted by Crippen LogP contribution is -2.46. The minimum absolute atomic E-state index is 0.974. The molecule has 0 amide bonds. The van der Waals surface area contributed by atoms with Gasteiger partial charge in [0.2, 0.25) is 5.13 Å². The molecule has 7 heteroatoms. The molecule has 120 valence electrons. The Morgan fingerprint density at radius 3 is 2.59 bits per heavy atom. The molecule has 0 aliphatic carbocycles. The molecule has 0 saturated carbocycles. The summed E-state index contributed by atoms with van der Waals surface area (Å²) in [6.07, 6.45) is 3.21. The minimum Gasteiger partial charge on any atom is -0.344 e. The van der Waals surface area contributed by atoms with Gasteiger partial charge in [-0.3, -0.25) is 4.90 Å². The summed E-state index contributed by atoms with van der Waals surface area (Å²) in [5.41, 5.74) is 1.22. The van der Waals surface area contributed by atoms with E-state index in [0.29, 0.717) is 0 Å². The molecule has 0 atom stereocenters. The van der Waals surface area contributed by atoms with Gasteiger partial charge in [0, 0.05) is 44.5 Å². The van der Waals surface area contributed by atoms with Crippen LogP contribution in [0.2, 0.25) is 0 Å². The van der Waals surface area contributed by atoms with E-state index in [0.717, 1.165) is 62.1 Å². The van der Waals surface area contributed by atoms with Gasteiger partial charge in [0.1, 0.15) is 5.01 Å². The van der Waals surface area contributed by atoms with Crippen LogP contribution in [0, 0.1) is 0 Å². The first-order valence-corrected chi connectivity index (χ1v) is 9.71. The zero-order valence-corrected chi connectivity index (χ0v) is 14.9. The molecule has 3 rings (SSSR count). The summed E-state index contributed by atoms with van der Waals surface area (Å²) in [7, 11) is 0. The quantitative estimate of drug-likeness (QED) is 0.811. The molecule has 0 N–H and O–H groups in total. The molecule has 0 unspecified atom stereocenters. The van der Waals surface area contributed by atoms with E-state index in [-0.39, 0.29) is 0 Å². The first-order chi connectivity index (χ1) is 10.8. The smallest absolute Gasteiger partial charge is 0.208 e. The van der Waals surface area contributed by atoms with Crippen LogP contribution in [0.3, 0.4) is 0 Å². The van der Waals surface area contributed by atoms with Crippen LogP contribution in [0.1, 0.15) is 36.0 Å². The van der Waals surface area contributed by atoms with Crippen LogP contribution in [-0.2, 0) is 19.4 Å². The summed E-state index contributed by atoms with van der Waals surface area (Å²) in [5, 5.41) is 14.3. The number of hydrogen-bond acceptors (Lipinski definition) is 7. The van der Waals surface area contributed by atoms with E-state index in [1.54, 1.807) is 22.7 Å². The van der Waals surface area contributed by atoms with Crippen LogP contribution in [0.25, 0.3) is 0 Å². The molecular weight excluding hydrogens is 314 g/mol. The van der Waals surface area contributed by atoms with Gasteiger partial charge in [0.25, 0.3) is 0 Å². The average molecular weight is 338 g/mol. The van der Waals surface area contributed by atoms with Gasteiger partial charge in [0.15, 0.2) is 0 Å². The Kier molecular flexibility index (Phi) is 5.38. The fraction of sp³-hybridized carbons (Fsp3) is 0.667. The van der Waals surface area contributed by atoms with Gasteiger partial charge < -0.3 is 4.90 Å². The Morgan fingerprint density at radius 2 is 1.91 bits per heavy atom. The summed E-state index contributed by atoms with van der Waals surface area (Å²) in [4.78, 5) is 9.52. The molecule has 1 aliphatic rings. The standard InChI is InChI=1S/C15H23N5S2/c1-3-5-14-17-18-15(22-14)20-8-6-19(7-9-20)10-12-11-21-13(4-2)16-12/h11H,3-10H2,1-2H3. The summed E-state index contributed by atoms with van der Waals surface area (Å²) < 4.78 is 0. The van der Waals surface area contributed by atoms with Crippen molar-refractivity contribution >= 4 is 27.8 Å². The third-order valence-electron chi connectivity index (χ3n) is 3.85. The lowest BCUT2D eigenvalue weighted by molar-refractivity contribution is 0.247. The largest absolute Gasteiger partial charge is 0.344 e. The van der Waals surface area contributed by atoms with Gasteiger partial charge in [-0.2, -0.15) is 0 Å². The second kappa shape index (κ2) is 7.48. The summed E-state index contributed by atoms with van der Waals surface area (Å²) in [6, 6.07) is 0. The van der Waals surface area contributed by atoms with Crippen LogP contribution in [0.5, 0.6) is 0 Å². The van der Waals surface area contributed by atoms with E-state index >= 15 is 0 Å². The highest BCUT2D eigenvalue weighted by Gasteiger charge is 2.20. The summed E-state index contributed by atoms with van der Waals surface area (Å²) >= 11 is 3.53. The van der Waals surface area contributed by atoms with E-state index in [2.05, 4.69) is 44.2 Å². The van der Waals surface area contributed by atoms with E-state index < -0.39 is 0 Å². The molecule has 0 aromatic carbocycles. The number of thiazole rings is 1. The summed E-state index contributed by atoms with van der Waals surface area (Å²) in [5.74, 6) is 0. The van der Waals surface area contributed by atoms with Crippen LogP contribution in [0.4, 0.5) is 5.13 Å². The molecule has 1 saturated heterocycles. The lowest BCUT2D eigenvalue weighted by Gasteiger charge is -2.33. The van der Waals surface area contributed by atoms with Crippen molar-refractivity contribution in [3.05, 3.63) is 21.1 Å². The van der Waals surface area contributed by atoms with Gasteiger partial charge in [-0.05, 0) is 12.8 Å². The first-order valence-electron chi connectivity index (χ1n) is 8.01. The molecule has 3 heterocycles. The number of aryl methyl sites for hydroxylation is 2. The second-order valence-corrected chi connectivity index (χ2v) is 7.56. The van der Waals surface area contributed by atoms with Crippen molar-refractivity contribution < 1.29 is 0 Å². The predicted molar refractivity (Wildman–Crippen MR) is 92.9 cm³/mol. The van der Waals surface area contributed by atoms with Gasteiger partial charge >= 0.3 is 0 Å². The van der Waals surface area contributed by atoms with E-state index in [1.807, 2.05) is 0 Å². The molecular formula is C15H23N5S2. The van der Waals surface area contributed by atoms with Crippen molar-refractivity contribution in [1.82, 2.24) is 20.1 Å². The van der Waals surface area contributed by atoms with E-state index in [1.165, 1.54) is 10.7 Å². The summed E-state index contributed by atoms with van der Waals surface area (Å²) in [6.45, 7) is 9.53. The van der Waals surface area contributed by atoms with Gasteiger partial charge in [-0.25, -0.2) is 4.98 Å². The Hall–Kier alpha value is -1.05. The van der Waals surface area contributed by atoms with Crippen LogP contribution in [0.15, 0.2) is 5.38 Å². The Balaban J connectivity index is 1.51. The van der Waals surface area contributed by atoms with Crippen molar-refractivity contribution in [2.24, 2.45) is 0 Å². The predicted octanol–water partition coefficient (Wildman–Crippen LogP) is 2.83. The van der Waals surface area contributed by atoms with Crippen molar-refractivity contribution in [1.29, 1.82) is 0 Å². The molecule has 0 bridgehead atoms. The van der Waals surface area contributed by atoms with Gasteiger partial charge in [-0.1, -0.05) is 25.2 Å². The highest BCUT2D eigenvalue weighted by atomic mass is 32.1. The number of nitrogens with zero attached hydrogens (tertiary/aromatic N) is 5. The monoisotopic (exact) mass is 337 g/mol. The lowest BCUT2D eigenvalue weighted by atomic mass is 10.3. The van der Waals surface area contributed by atoms with Crippen molar-refractivity contribution in [2.45, 2.75) is 39.7 Å². The third-order valence-corrected chi connectivity index (χ3v) is 5.94. The molecule has 2 aromatic rings. The molecule has 22 heavy (non-hydrogen) atoms. The van der Waals surface area contributed by atoms with Gasteiger partial charge in [-0.15, -0.1) is 21.5 Å². The maximum Gasteiger partial charge on any atom is 0.208 e. The van der Waals surface area contributed by atoms with E-state index in [9.17, 15) is 0 Å². The maximum atomic E-state index is 4.67. The molecule has 0 spiro atoms. The zero-order chi connectivity index (χ0) is 15.4. The maximum absolute atomic E-state index is 4.67. The molecule has 1 fully saturated rings. The Labute approximate surface area is 140 Å². The second-order valence-electron chi connectivity index (χ2n) is 5.58. The van der Waals surface area contributed by atoms with Crippen molar-refractivity contribution in [2.75, 3.05) is 31.1 Å². The molecule has 2 aromatic heterocycles. The fourth-order valence-corrected chi connectivity index (χ4v) is 4.33. The molecule has 1 aliphatic heterocycles. The molecule has 0 radical (unpaired) electrons. The van der Waals surface area contributed by atoms with Crippen molar-refractivity contribution in [3.63, 3.8) is 0 Å². The van der Waals surface area contributed by atoms with Crippen LogP contribution >= 0.6 is 22.7 Å². The zero-order valence-electron chi connectivity index (χ0n) is 13.3. The molecule has 5 nitrogen and oxygen atoms in total. The fourth-order valence-electron chi connectivity index (χ4n) is 2.60. The van der Waals surface area contributed by atoms with E-state index in [4.69, 9.17) is 0 Å². The highest BCUT2D eigenvalue weighted by Crippen LogP contribution is 2.23. The van der Waals surface area contributed by atoms with Crippen molar-refractivity contribution in [3.8, 4) is 0 Å². The Bertz CT molecular complexity index is 586. The van der Waals surface area contributed by atoms with Crippen LogP contribution < -0.4 is 4.90 Å². The first kappa shape index (κ1) is 15.8. The number of piperazine rings is 1. The number of anilines is 1. The minimum atomic E-state index is 0.974. The number of rotatable bonds is 6. The normalized spacial score (nSPS) is 16.4. The number of aromatic nitrogens is 3. The average Bonchev–Trinajstić information content (AvgIpc) is 3.18. The van der Waals surface area contributed by atoms with Gasteiger partial charge in [0.05, 0.1) is 10.7 Å². The topological polar surface area (TPSA) is 45.2 Å². The third kappa shape index (κ3) is 3.83.